The predicted octanol–water partition coefficient (Wildman–Crippen LogP) is 3.64. The van der Waals surface area contributed by atoms with Gasteiger partial charge in [-0.3, -0.25) is 0 Å². The maximum Gasteiger partial charge on any atom is 1.00 e. The van der Waals surface area contributed by atoms with E-state index in [9.17, 15) is 0 Å². The van der Waals surface area contributed by atoms with Gasteiger partial charge in [-0.15, -0.1) is 0 Å². The first kappa shape index (κ1) is 10.6. The summed E-state index contributed by atoms with van der Waals surface area (Å²) in [5.41, 5.74) is 0. The van der Waals surface area contributed by atoms with Crippen LogP contribution in [0.15, 0.2) is 18.2 Å². The van der Waals surface area contributed by atoms with Crippen LogP contribution < -0.4 is 0 Å². The van der Waals surface area contributed by atoms with E-state index in [0.717, 1.165) is 0 Å². The van der Waals surface area contributed by atoms with Crippen LogP contribution in [0, 0.1) is 0 Å². The molecular weight excluding hydrogens is 242 g/mol. The molecule has 0 unspecified atom stereocenters. The summed E-state index contributed by atoms with van der Waals surface area (Å²) in [5, 5.41) is 1.69. The van der Waals surface area contributed by atoms with Gasteiger partial charge in [0.25, 0.3) is 0 Å². The van der Waals surface area contributed by atoms with Crippen molar-refractivity contribution in [3.8, 4) is 0 Å². The number of halogens is 3. The smallest absolute Gasteiger partial charge is 0.0842 e. The van der Waals surface area contributed by atoms with Crippen molar-refractivity contribution in [3.63, 3.8) is 0 Å². The third-order valence-corrected chi connectivity index (χ3v) is 1.48. The molecule has 0 spiro atoms. The first-order valence-corrected chi connectivity index (χ1v) is 3.43. The van der Waals surface area contributed by atoms with Crippen LogP contribution in [0.4, 0.5) is 0 Å². The van der Waals surface area contributed by atoms with Gasteiger partial charge in [0.1, 0.15) is 0 Å². The van der Waals surface area contributed by atoms with E-state index in [1.807, 2.05) is 0 Å². The van der Waals surface area contributed by atoms with E-state index in [1.165, 1.54) is 0 Å². The zero-order valence-corrected chi connectivity index (χ0v) is 7.88. The number of hydrogen-bond acceptors (Lipinski definition) is 0. The molecule has 0 radical (unpaired) electrons. The van der Waals surface area contributed by atoms with E-state index in [0.29, 0.717) is 15.1 Å². The van der Waals surface area contributed by atoms with Gasteiger partial charge in [0.05, 0.1) is 0 Å². The monoisotopic (exact) mass is 243 g/mol. The molecule has 0 N–H and O–H groups in total. The Morgan fingerprint density at radius 1 is 0.700 bits per heavy atom. The van der Waals surface area contributed by atoms with Crippen molar-refractivity contribution >= 4 is 34.8 Å². The Morgan fingerprint density at radius 3 is 1.10 bits per heavy atom. The van der Waals surface area contributed by atoms with Crippen LogP contribution in [0.25, 0.3) is 0 Å². The van der Waals surface area contributed by atoms with Crippen molar-refractivity contribution in [2.45, 2.75) is 0 Å². The van der Waals surface area contributed by atoms with Crippen molar-refractivity contribution in [2.24, 2.45) is 0 Å². The van der Waals surface area contributed by atoms with Crippen molar-refractivity contribution in [1.82, 2.24) is 0 Å². The van der Waals surface area contributed by atoms with E-state index in [-0.39, 0.29) is 17.1 Å². The molecule has 0 atom stereocenters. The number of benzene rings is 1. The molecule has 10 heavy (non-hydrogen) atoms. The van der Waals surface area contributed by atoms with Gasteiger partial charge >= 0.3 is 17.1 Å². The van der Waals surface area contributed by atoms with Crippen LogP contribution in [-0.2, 0) is 17.1 Å². The van der Waals surface area contributed by atoms with Crippen LogP contribution in [0.3, 0.4) is 0 Å². The topological polar surface area (TPSA) is 0 Å². The third kappa shape index (κ3) is 3.14. The SMILES string of the molecule is Clc1cc(Cl)cc(Cl)c1.[Cu+]. The minimum Gasteiger partial charge on any atom is -0.0842 e. The Balaban J connectivity index is 0.000000810. The maximum atomic E-state index is 5.58. The summed E-state index contributed by atoms with van der Waals surface area (Å²) in [5.74, 6) is 0. The number of rotatable bonds is 0. The minimum absolute atomic E-state index is 0. The first-order valence-electron chi connectivity index (χ1n) is 2.30. The molecule has 0 saturated heterocycles. The fourth-order valence-corrected chi connectivity index (χ4v) is 1.39. The molecule has 0 aromatic heterocycles. The molecule has 0 aliphatic carbocycles. The summed E-state index contributed by atoms with van der Waals surface area (Å²) in [4.78, 5) is 0. The van der Waals surface area contributed by atoms with Crippen LogP contribution in [0.2, 0.25) is 15.1 Å². The van der Waals surface area contributed by atoms with Crippen molar-refractivity contribution < 1.29 is 17.1 Å². The molecule has 0 heterocycles. The molecule has 1 aromatic carbocycles. The van der Waals surface area contributed by atoms with Gasteiger partial charge < -0.3 is 0 Å². The van der Waals surface area contributed by atoms with Gasteiger partial charge in [-0.1, -0.05) is 34.8 Å². The summed E-state index contributed by atoms with van der Waals surface area (Å²) in [6, 6.07) is 4.90. The van der Waals surface area contributed by atoms with E-state index in [2.05, 4.69) is 0 Å². The molecule has 0 nitrogen and oxygen atoms in total. The second kappa shape index (κ2) is 4.48. The second-order valence-corrected chi connectivity index (χ2v) is 2.90. The van der Waals surface area contributed by atoms with E-state index in [1.54, 1.807) is 18.2 Å². The minimum atomic E-state index is 0. The molecule has 0 aliphatic heterocycles. The Labute approximate surface area is 84.9 Å². The van der Waals surface area contributed by atoms with Gasteiger partial charge in [0.15, 0.2) is 0 Å². The van der Waals surface area contributed by atoms with E-state index < -0.39 is 0 Å². The van der Waals surface area contributed by atoms with Gasteiger partial charge in [0, 0.05) is 15.1 Å². The van der Waals surface area contributed by atoms with Gasteiger partial charge in [-0.2, -0.15) is 0 Å². The Kier molecular flexibility index (Phi) is 4.75. The molecule has 0 saturated carbocycles. The summed E-state index contributed by atoms with van der Waals surface area (Å²) >= 11 is 16.7. The van der Waals surface area contributed by atoms with Crippen LogP contribution >= 0.6 is 34.8 Å². The summed E-state index contributed by atoms with van der Waals surface area (Å²) in [6.07, 6.45) is 0. The van der Waals surface area contributed by atoms with Crippen molar-refractivity contribution in [1.29, 1.82) is 0 Å². The molecule has 0 amide bonds. The fraction of sp³-hybridized carbons (Fsp3) is 0. The standard InChI is InChI=1S/C6H3Cl3.Cu/c7-4-1-5(8)3-6(9)2-4;/h1-3H;/q;+1. The van der Waals surface area contributed by atoms with Gasteiger partial charge in [-0.25, -0.2) is 0 Å². The van der Waals surface area contributed by atoms with E-state index >= 15 is 0 Å². The fourth-order valence-electron chi connectivity index (χ4n) is 0.520. The Hall–Kier alpha value is 0.609. The summed E-state index contributed by atoms with van der Waals surface area (Å²) in [6.45, 7) is 0. The zero-order valence-electron chi connectivity index (χ0n) is 4.67. The molecule has 1 rings (SSSR count). The molecule has 0 fully saturated rings. The molecular formula is C6H3Cl3Cu+. The molecule has 0 bridgehead atoms. The first-order chi connectivity index (χ1) is 4.18. The van der Waals surface area contributed by atoms with Crippen LogP contribution in [-0.4, -0.2) is 0 Å². The number of hydrogen-bond donors (Lipinski definition) is 0. The Morgan fingerprint density at radius 2 is 0.900 bits per heavy atom. The predicted molar refractivity (Wildman–Crippen MR) is 41.5 cm³/mol. The van der Waals surface area contributed by atoms with Crippen molar-refractivity contribution in [2.75, 3.05) is 0 Å². The zero-order chi connectivity index (χ0) is 6.85. The largest absolute Gasteiger partial charge is 1.00 e. The molecule has 1 aromatic rings. The van der Waals surface area contributed by atoms with Crippen LogP contribution in [0.5, 0.6) is 0 Å². The average molecular weight is 245 g/mol. The maximum absolute atomic E-state index is 5.58. The molecule has 58 valence electrons. The quantitative estimate of drug-likeness (QED) is 0.612. The second-order valence-electron chi connectivity index (χ2n) is 1.59. The van der Waals surface area contributed by atoms with Crippen LogP contribution in [0.1, 0.15) is 0 Å². The third-order valence-electron chi connectivity index (χ3n) is 0.827. The van der Waals surface area contributed by atoms with Gasteiger partial charge in [0.2, 0.25) is 0 Å². The average Bonchev–Trinajstić information content (AvgIpc) is 1.59. The van der Waals surface area contributed by atoms with Gasteiger partial charge in [-0.05, 0) is 18.2 Å². The molecule has 0 aliphatic rings. The molecule has 4 heteroatoms. The summed E-state index contributed by atoms with van der Waals surface area (Å²) in [7, 11) is 0. The normalized spacial score (nSPS) is 8.70. The summed E-state index contributed by atoms with van der Waals surface area (Å²) < 4.78 is 0. The Bertz CT molecular complexity index is 174. The van der Waals surface area contributed by atoms with E-state index in [4.69, 9.17) is 34.8 Å². The van der Waals surface area contributed by atoms with Crippen molar-refractivity contribution in [3.05, 3.63) is 33.3 Å².